The van der Waals surface area contributed by atoms with Gasteiger partial charge < -0.3 is 14.9 Å². The molecule has 0 radical (unpaired) electrons. The highest BCUT2D eigenvalue weighted by Gasteiger charge is 2.25. The number of amides is 2. The van der Waals surface area contributed by atoms with Crippen molar-refractivity contribution >= 4 is 17.8 Å². The number of rotatable bonds is 4. The second-order valence-electron chi connectivity index (χ2n) is 7.26. The molecule has 6 heteroatoms. The lowest BCUT2D eigenvalue weighted by Gasteiger charge is -2.23. The molecule has 1 saturated carbocycles. The summed E-state index contributed by atoms with van der Waals surface area (Å²) in [6.45, 7) is 2.42. The fraction of sp³-hybridized carbons (Fsp3) is 0.550. The Morgan fingerprint density at radius 1 is 0.846 bits per heavy atom. The van der Waals surface area contributed by atoms with Crippen LogP contribution in [-0.2, 0) is 4.79 Å². The first-order chi connectivity index (χ1) is 12.5. The normalized spacial score (nSPS) is 18.6. The maximum atomic E-state index is 12.7. The van der Waals surface area contributed by atoms with Crippen LogP contribution in [0, 0.1) is 5.92 Å². The molecule has 2 aliphatic rings. The van der Waals surface area contributed by atoms with Crippen molar-refractivity contribution in [2.45, 2.75) is 38.5 Å². The zero-order chi connectivity index (χ0) is 18.5. The number of benzene rings is 1. The van der Waals surface area contributed by atoms with Crippen LogP contribution in [-0.4, -0.2) is 58.9 Å². The number of aromatic carboxylic acids is 1. The molecule has 1 aromatic carbocycles. The van der Waals surface area contributed by atoms with Crippen molar-refractivity contribution in [2.24, 2.45) is 5.92 Å². The fourth-order valence-corrected chi connectivity index (χ4v) is 3.90. The lowest BCUT2D eigenvalue weighted by atomic mass is 10.0. The smallest absolute Gasteiger partial charge is 0.335 e. The van der Waals surface area contributed by atoms with Gasteiger partial charge in [-0.3, -0.25) is 9.59 Å². The first-order valence-corrected chi connectivity index (χ1v) is 9.45. The molecule has 1 aromatic rings. The number of carboxylic acid groups (broad SMARTS) is 1. The number of hydrogen-bond donors (Lipinski definition) is 1. The van der Waals surface area contributed by atoms with E-state index in [1.54, 1.807) is 17.0 Å². The number of carbonyl (C=O) groups excluding carboxylic acids is 2. The van der Waals surface area contributed by atoms with Gasteiger partial charge in [0, 0.05) is 38.2 Å². The van der Waals surface area contributed by atoms with Crippen LogP contribution in [0.15, 0.2) is 24.3 Å². The second-order valence-corrected chi connectivity index (χ2v) is 7.26. The van der Waals surface area contributed by atoms with E-state index in [2.05, 4.69) is 0 Å². The minimum absolute atomic E-state index is 0.105. The summed E-state index contributed by atoms with van der Waals surface area (Å²) in [7, 11) is 0. The number of carbonyl (C=O) groups is 3. The molecule has 0 aromatic heterocycles. The minimum Gasteiger partial charge on any atom is -0.478 e. The third-order valence-corrected chi connectivity index (χ3v) is 5.45. The van der Waals surface area contributed by atoms with Crippen molar-refractivity contribution in [1.82, 2.24) is 9.80 Å². The summed E-state index contributed by atoms with van der Waals surface area (Å²) in [5.74, 6) is -0.351. The summed E-state index contributed by atoms with van der Waals surface area (Å²) >= 11 is 0. The molecule has 1 aliphatic carbocycles. The molecule has 0 bridgehead atoms. The molecular weight excluding hydrogens is 332 g/mol. The van der Waals surface area contributed by atoms with Crippen LogP contribution in [0.4, 0.5) is 0 Å². The highest BCUT2D eigenvalue weighted by molar-refractivity contribution is 5.96. The van der Waals surface area contributed by atoms with Gasteiger partial charge in [0.05, 0.1) is 5.56 Å². The van der Waals surface area contributed by atoms with Crippen molar-refractivity contribution < 1.29 is 19.5 Å². The Kier molecular flexibility index (Phi) is 5.91. The van der Waals surface area contributed by atoms with Gasteiger partial charge in [0.1, 0.15) is 0 Å². The van der Waals surface area contributed by atoms with E-state index in [-0.39, 0.29) is 17.4 Å². The predicted molar refractivity (Wildman–Crippen MR) is 97.1 cm³/mol. The number of hydrogen-bond acceptors (Lipinski definition) is 3. The SMILES string of the molecule is O=C(O)c1ccc(C(=O)N2CCCN(C(=O)CC3CCCC3)CC2)cc1. The van der Waals surface area contributed by atoms with E-state index in [4.69, 9.17) is 5.11 Å². The molecule has 1 saturated heterocycles. The molecule has 1 N–H and O–H groups in total. The highest BCUT2D eigenvalue weighted by Crippen LogP contribution is 2.28. The average Bonchev–Trinajstić information content (AvgIpc) is 3.02. The van der Waals surface area contributed by atoms with Crippen molar-refractivity contribution in [3.8, 4) is 0 Å². The first kappa shape index (κ1) is 18.4. The topological polar surface area (TPSA) is 77.9 Å². The lowest BCUT2D eigenvalue weighted by Crippen LogP contribution is -2.37. The molecular formula is C20H26N2O4. The zero-order valence-corrected chi connectivity index (χ0v) is 15.0. The van der Waals surface area contributed by atoms with Gasteiger partial charge in [-0.25, -0.2) is 4.79 Å². The molecule has 0 unspecified atom stereocenters. The van der Waals surface area contributed by atoms with Gasteiger partial charge in [-0.05, 0) is 49.4 Å². The molecule has 2 fully saturated rings. The van der Waals surface area contributed by atoms with Crippen LogP contribution in [0.2, 0.25) is 0 Å². The molecule has 1 aliphatic heterocycles. The van der Waals surface area contributed by atoms with Crippen LogP contribution in [0.25, 0.3) is 0 Å². The van der Waals surface area contributed by atoms with Crippen molar-refractivity contribution in [1.29, 1.82) is 0 Å². The molecule has 2 amide bonds. The van der Waals surface area contributed by atoms with E-state index in [0.717, 1.165) is 19.3 Å². The van der Waals surface area contributed by atoms with E-state index >= 15 is 0 Å². The fourth-order valence-electron chi connectivity index (χ4n) is 3.90. The molecule has 1 heterocycles. The van der Waals surface area contributed by atoms with Gasteiger partial charge in [0.25, 0.3) is 5.91 Å². The van der Waals surface area contributed by atoms with E-state index in [1.165, 1.54) is 25.0 Å². The molecule has 26 heavy (non-hydrogen) atoms. The Morgan fingerprint density at radius 3 is 2.08 bits per heavy atom. The van der Waals surface area contributed by atoms with Crippen LogP contribution in [0.3, 0.4) is 0 Å². The van der Waals surface area contributed by atoms with Gasteiger partial charge in [0.2, 0.25) is 5.91 Å². The van der Waals surface area contributed by atoms with Crippen LogP contribution in [0.1, 0.15) is 59.2 Å². The van der Waals surface area contributed by atoms with Crippen molar-refractivity contribution in [2.75, 3.05) is 26.2 Å². The van der Waals surface area contributed by atoms with Gasteiger partial charge in [-0.2, -0.15) is 0 Å². The Hall–Kier alpha value is -2.37. The van der Waals surface area contributed by atoms with E-state index in [0.29, 0.717) is 44.1 Å². The zero-order valence-electron chi connectivity index (χ0n) is 15.0. The Morgan fingerprint density at radius 2 is 1.42 bits per heavy atom. The van der Waals surface area contributed by atoms with Gasteiger partial charge >= 0.3 is 5.97 Å². The monoisotopic (exact) mass is 358 g/mol. The third kappa shape index (κ3) is 4.42. The summed E-state index contributed by atoms with van der Waals surface area (Å²) in [5, 5.41) is 8.95. The molecule has 0 spiro atoms. The molecule has 140 valence electrons. The van der Waals surface area contributed by atoms with Crippen LogP contribution >= 0.6 is 0 Å². The average molecular weight is 358 g/mol. The summed E-state index contributed by atoms with van der Waals surface area (Å²) in [6, 6.07) is 6.01. The highest BCUT2D eigenvalue weighted by atomic mass is 16.4. The van der Waals surface area contributed by atoms with Crippen LogP contribution < -0.4 is 0 Å². The van der Waals surface area contributed by atoms with E-state index in [1.807, 2.05) is 4.90 Å². The summed E-state index contributed by atoms with van der Waals surface area (Å²) in [6.07, 6.45) is 6.22. The van der Waals surface area contributed by atoms with E-state index < -0.39 is 5.97 Å². The maximum Gasteiger partial charge on any atom is 0.335 e. The number of nitrogens with zero attached hydrogens (tertiary/aromatic N) is 2. The Balaban J connectivity index is 1.56. The summed E-state index contributed by atoms with van der Waals surface area (Å²) in [4.78, 5) is 39.8. The van der Waals surface area contributed by atoms with Crippen LogP contribution in [0.5, 0.6) is 0 Å². The lowest BCUT2D eigenvalue weighted by molar-refractivity contribution is -0.132. The van der Waals surface area contributed by atoms with Crippen molar-refractivity contribution in [3.05, 3.63) is 35.4 Å². The van der Waals surface area contributed by atoms with Crippen molar-refractivity contribution in [3.63, 3.8) is 0 Å². The first-order valence-electron chi connectivity index (χ1n) is 9.45. The Labute approximate surface area is 153 Å². The third-order valence-electron chi connectivity index (χ3n) is 5.45. The summed E-state index contributed by atoms with van der Waals surface area (Å²) < 4.78 is 0. The van der Waals surface area contributed by atoms with Gasteiger partial charge in [-0.15, -0.1) is 0 Å². The molecule has 3 rings (SSSR count). The second kappa shape index (κ2) is 8.34. The largest absolute Gasteiger partial charge is 0.478 e. The number of carboxylic acids is 1. The minimum atomic E-state index is -1.00. The van der Waals surface area contributed by atoms with Gasteiger partial charge in [-0.1, -0.05) is 12.8 Å². The molecule has 0 atom stereocenters. The predicted octanol–water partition coefficient (Wildman–Crippen LogP) is 2.64. The summed E-state index contributed by atoms with van der Waals surface area (Å²) in [5.41, 5.74) is 0.654. The Bertz CT molecular complexity index is 665. The quantitative estimate of drug-likeness (QED) is 0.897. The van der Waals surface area contributed by atoms with E-state index in [9.17, 15) is 14.4 Å². The van der Waals surface area contributed by atoms with Gasteiger partial charge in [0.15, 0.2) is 0 Å². The molecule has 6 nitrogen and oxygen atoms in total. The standard InChI is InChI=1S/C20H26N2O4/c23-18(14-15-4-1-2-5-15)21-10-3-11-22(13-12-21)19(24)16-6-8-17(9-7-16)20(25)26/h6-9,15H,1-5,10-14H2,(H,25,26). The maximum absolute atomic E-state index is 12.7.